The predicted octanol–water partition coefficient (Wildman–Crippen LogP) is 9.33. The molecule has 246 valence electrons. The van der Waals surface area contributed by atoms with Crippen molar-refractivity contribution in [2.24, 2.45) is 45.3 Å². The van der Waals surface area contributed by atoms with E-state index in [9.17, 15) is 14.7 Å². The van der Waals surface area contributed by atoms with E-state index in [1.165, 1.54) is 49.3 Å². The van der Waals surface area contributed by atoms with Crippen molar-refractivity contribution in [3.63, 3.8) is 0 Å². The summed E-state index contributed by atoms with van der Waals surface area (Å²) in [7, 11) is 3.05. The van der Waals surface area contributed by atoms with Crippen LogP contribution >= 0.6 is 21.6 Å². The zero-order valence-corrected chi connectivity index (χ0v) is 29.9. The lowest BCUT2D eigenvalue weighted by molar-refractivity contribution is -0.156. The minimum Gasteiger partial charge on any atom is -0.481 e. The highest BCUT2D eigenvalue weighted by atomic mass is 33.1. The van der Waals surface area contributed by atoms with Crippen molar-refractivity contribution in [2.75, 3.05) is 11.5 Å². The molecule has 7 heteroatoms. The van der Waals surface area contributed by atoms with Crippen LogP contribution in [0, 0.1) is 45.3 Å². The highest BCUT2D eigenvalue weighted by molar-refractivity contribution is 8.76. The van der Waals surface area contributed by atoms with Crippen LogP contribution in [0.5, 0.6) is 0 Å². The smallest absolute Gasteiger partial charge is 0.307 e. The largest absolute Gasteiger partial charge is 0.481 e. The van der Waals surface area contributed by atoms with E-state index in [-0.39, 0.29) is 29.3 Å². The van der Waals surface area contributed by atoms with Gasteiger partial charge in [-0.15, -0.1) is 0 Å². The topological polar surface area (TPSA) is 83.8 Å². The van der Waals surface area contributed by atoms with Crippen LogP contribution in [0.3, 0.4) is 0 Å². The van der Waals surface area contributed by atoms with Crippen LogP contribution < -0.4 is 0 Å². The highest BCUT2D eigenvalue weighted by Crippen LogP contribution is 2.73. The summed E-state index contributed by atoms with van der Waals surface area (Å²) < 4.78 is 5.87. The molecule has 3 unspecified atom stereocenters. The van der Waals surface area contributed by atoms with E-state index < -0.39 is 11.6 Å². The third kappa shape index (κ3) is 6.89. The predicted molar refractivity (Wildman–Crippen MR) is 180 cm³/mol. The van der Waals surface area contributed by atoms with E-state index in [1.807, 2.05) is 13.8 Å². The third-order valence-electron chi connectivity index (χ3n) is 13.2. The maximum atomic E-state index is 12.5. The second-order valence-electron chi connectivity index (χ2n) is 16.4. The fraction of sp³-hybridized carbons (Fsp3) is 0.889. The number of allylic oxidation sites excluding steroid dienone is 1. The Balaban J connectivity index is 1.30. The molecule has 3 saturated carbocycles. The minimum atomic E-state index is -0.785. The van der Waals surface area contributed by atoms with Crippen LogP contribution in [-0.2, 0) is 14.3 Å². The summed E-state index contributed by atoms with van der Waals surface area (Å²) >= 11 is 0. The molecule has 4 aliphatic carbocycles. The Bertz CT molecular complexity index is 1050. The lowest BCUT2D eigenvalue weighted by atomic mass is 9.40. The normalized spacial score (nSPS) is 37.5. The number of fused-ring (bicyclic) bond motifs is 5. The van der Waals surface area contributed by atoms with Crippen molar-refractivity contribution < 1.29 is 24.5 Å². The molecule has 0 saturated heterocycles. The van der Waals surface area contributed by atoms with Gasteiger partial charge in [0.2, 0.25) is 0 Å². The molecule has 0 radical (unpaired) electrons. The van der Waals surface area contributed by atoms with Gasteiger partial charge in [-0.05, 0) is 112 Å². The summed E-state index contributed by atoms with van der Waals surface area (Å²) in [6.45, 7) is 18.9. The second kappa shape index (κ2) is 13.2. The summed E-state index contributed by atoms with van der Waals surface area (Å²) in [5, 5.41) is 19.6. The van der Waals surface area contributed by atoms with Gasteiger partial charge in [-0.2, -0.15) is 0 Å². The molecule has 4 aliphatic rings. The van der Waals surface area contributed by atoms with Crippen LogP contribution in [0.4, 0.5) is 0 Å². The Morgan fingerprint density at radius 2 is 1.63 bits per heavy atom. The zero-order chi connectivity index (χ0) is 31.8. The Hall–Kier alpha value is -0.660. The summed E-state index contributed by atoms with van der Waals surface area (Å²) in [5.74, 6) is 3.11. The quantitative estimate of drug-likeness (QED) is 0.0902. The fourth-order valence-corrected chi connectivity index (χ4v) is 12.5. The molecule has 2 N–H and O–H groups in total. The van der Waals surface area contributed by atoms with E-state index in [2.05, 4.69) is 47.6 Å². The average Bonchev–Trinajstić information content (AvgIpc) is 3.19. The molecule has 0 spiro atoms. The number of carboxylic acid groups (broad SMARTS) is 1. The molecular weight excluding hydrogens is 577 g/mol. The van der Waals surface area contributed by atoms with Crippen LogP contribution in [-0.4, -0.2) is 45.4 Å². The molecule has 0 aromatic heterocycles. The average molecular weight is 637 g/mol. The number of aliphatic hydroxyl groups is 1. The number of carboxylic acids is 1. The molecule has 43 heavy (non-hydrogen) atoms. The van der Waals surface area contributed by atoms with Gasteiger partial charge in [0.1, 0.15) is 5.60 Å². The molecule has 0 aliphatic heterocycles. The molecule has 8 atom stereocenters. The van der Waals surface area contributed by atoms with E-state index in [0.29, 0.717) is 34.7 Å². The molecule has 0 heterocycles. The van der Waals surface area contributed by atoms with Crippen LogP contribution in [0.15, 0.2) is 11.6 Å². The molecule has 4 rings (SSSR count). The van der Waals surface area contributed by atoms with Crippen molar-refractivity contribution in [2.45, 2.75) is 144 Å². The second-order valence-corrected chi connectivity index (χ2v) is 19.1. The lowest BCUT2D eigenvalue weighted by Crippen LogP contribution is -2.58. The van der Waals surface area contributed by atoms with Crippen molar-refractivity contribution in [1.29, 1.82) is 0 Å². The Kier molecular flexibility index (Phi) is 10.8. The van der Waals surface area contributed by atoms with E-state index in [0.717, 1.165) is 43.4 Å². The summed E-state index contributed by atoms with van der Waals surface area (Å²) in [4.78, 5) is 23.1. The van der Waals surface area contributed by atoms with Gasteiger partial charge in [0.15, 0.2) is 0 Å². The number of carbonyl (C=O) groups excluding carboxylic acids is 1. The molecule has 0 aromatic rings. The molecule has 0 bridgehead atoms. The first-order chi connectivity index (χ1) is 20.0. The molecule has 0 amide bonds. The summed E-state index contributed by atoms with van der Waals surface area (Å²) in [5.41, 5.74) is 1.91. The van der Waals surface area contributed by atoms with Gasteiger partial charge >= 0.3 is 11.9 Å². The number of hydrogen-bond acceptors (Lipinski definition) is 6. The number of aliphatic carboxylic acids is 1. The fourth-order valence-electron chi connectivity index (χ4n) is 10.6. The van der Waals surface area contributed by atoms with Gasteiger partial charge in [-0.25, -0.2) is 0 Å². The van der Waals surface area contributed by atoms with Crippen LogP contribution in [0.1, 0.15) is 132 Å². The van der Waals surface area contributed by atoms with Gasteiger partial charge in [0, 0.05) is 16.9 Å². The van der Waals surface area contributed by atoms with E-state index in [1.54, 1.807) is 16.4 Å². The number of esters is 1. The number of rotatable bonds is 13. The number of hydrogen-bond donors (Lipinski definition) is 2. The number of carbonyl (C=O) groups is 2. The summed E-state index contributed by atoms with van der Waals surface area (Å²) in [6.07, 6.45) is 14.5. The first-order valence-electron chi connectivity index (χ1n) is 17.1. The first-order valence-corrected chi connectivity index (χ1v) is 19.5. The number of ether oxygens (including phenoxy) is 1. The standard InChI is InChI=1S/C36H60O5S2/c1-24(10-9-18-32(2,3)41-31(40)17-23-43-42-22-16-30(38)39)25-13-20-36(8)27-11-12-28-33(4,5)29(37)15-19-34(28,6)26(27)14-21-35(25,36)7/h12,24-27,29,37H,9-11,13-23H2,1-8H3,(H,38,39)/t24-,25-,26?,27?,29?,34-,35-,36+/m1/s1. The Morgan fingerprint density at radius 1 is 0.977 bits per heavy atom. The zero-order valence-electron chi connectivity index (χ0n) is 28.3. The molecule has 5 nitrogen and oxygen atoms in total. The maximum absolute atomic E-state index is 12.5. The van der Waals surface area contributed by atoms with E-state index in [4.69, 9.17) is 9.84 Å². The maximum Gasteiger partial charge on any atom is 0.307 e. The van der Waals surface area contributed by atoms with Crippen molar-refractivity contribution >= 4 is 33.5 Å². The summed E-state index contributed by atoms with van der Waals surface area (Å²) in [6, 6.07) is 0. The Labute approximate surface area is 269 Å². The molecule has 3 fully saturated rings. The number of aliphatic hydroxyl groups excluding tert-OH is 1. The van der Waals surface area contributed by atoms with Crippen LogP contribution in [0.2, 0.25) is 0 Å². The Morgan fingerprint density at radius 3 is 2.30 bits per heavy atom. The monoisotopic (exact) mass is 636 g/mol. The van der Waals surface area contributed by atoms with Gasteiger partial charge in [0.05, 0.1) is 18.9 Å². The van der Waals surface area contributed by atoms with Crippen molar-refractivity contribution in [1.82, 2.24) is 0 Å². The van der Waals surface area contributed by atoms with Gasteiger partial charge < -0.3 is 14.9 Å². The van der Waals surface area contributed by atoms with Gasteiger partial charge in [-0.1, -0.05) is 81.2 Å². The minimum absolute atomic E-state index is 0.115. The van der Waals surface area contributed by atoms with Gasteiger partial charge in [0.25, 0.3) is 0 Å². The first kappa shape index (κ1) is 35.2. The van der Waals surface area contributed by atoms with E-state index >= 15 is 0 Å². The molecular formula is C36H60O5S2. The molecule has 0 aromatic carbocycles. The van der Waals surface area contributed by atoms with Crippen LogP contribution in [0.25, 0.3) is 0 Å². The highest BCUT2D eigenvalue weighted by Gasteiger charge is 2.66. The van der Waals surface area contributed by atoms with Crippen molar-refractivity contribution in [3.05, 3.63) is 11.6 Å². The lowest BCUT2D eigenvalue weighted by Gasteiger charge is -2.64. The SMILES string of the molecule is C[C@H](CCCC(C)(C)OC(=O)CCSSCCC(=O)O)[C@H]1CC[C@@]2(C)C3CC=C4C(C)(C)C(O)CC[C@]4(C)C3CC[C@]12C. The third-order valence-corrected chi connectivity index (χ3v) is 15.6. The van der Waals surface area contributed by atoms with Gasteiger partial charge in [-0.3, -0.25) is 9.59 Å². The van der Waals surface area contributed by atoms with Crippen molar-refractivity contribution in [3.8, 4) is 0 Å².